The summed E-state index contributed by atoms with van der Waals surface area (Å²) in [7, 11) is -3.89. The summed E-state index contributed by atoms with van der Waals surface area (Å²) in [6.07, 6.45) is 0. The maximum atomic E-state index is 12.4. The number of nitrogens with zero attached hydrogens (tertiary/aromatic N) is 2. The Balaban J connectivity index is 3.14. The Kier molecular flexibility index (Phi) is 6.82. The van der Waals surface area contributed by atoms with Crippen LogP contribution in [0.1, 0.15) is 13.8 Å². The minimum absolute atomic E-state index is 0.207. The van der Waals surface area contributed by atoms with Crippen LogP contribution in [0.5, 0.6) is 5.75 Å². The quantitative estimate of drug-likeness (QED) is 0.485. The van der Waals surface area contributed by atoms with E-state index in [1.54, 1.807) is 19.2 Å². The lowest BCUT2D eigenvalue weighted by Crippen LogP contribution is -2.38. The Morgan fingerprint density at radius 1 is 1.32 bits per heavy atom. The van der Waals surface area contributed by atoms with Crippen molar-refractivity contribution in [2.24, 2.45) is 5.73 Å². The van der Waals surface area contributed by atoms with Gasteiger partial charge in [0.25, 0.3) is 5.91 Å². The second-order valence-corrected chi connectivity index (χ2v) is 6.62. The molecular formula is C13H18N4O7S. The number of primary amides is 1. The largest absolute Gasteiger partial charge is 0.477 e. The van der Waals surface area contributed by atoms with Crippen LogP contribution in [-0.2, 0) is 14.8 Å². The summed E-state index contributed by atoms with van der Waals surface area (Å²) in [6, 6.07) is 1.98. The minimum atomic E-state index is -3.89. The van der Waals surface area contributed by atoms with Crippen LogP contribution >= 0.6 is 0 Å². The molecule has 138 valence electrons. The van der Waals surface area contributed by atoms with Crippen LogP contribution in [0.2, 0.25) is 0 Å². The van der Waals surface area contributed by atoms with Crippen molar-refractivity contribution in [3.63, 3.8) is 0 Å². The van der Waals surface area contributed by atoms with E-state index in [0.29, 0.717) is 0 Å². The summed E-state index contributed by atoms with van der Waals surface area (Å²) in [5, 5.41) is 12.9. The van der Waals surface area contributed by atoms with Gasteiger partial charge in [0.15, 0.2) is 12.4 Å². The molecule has 0 saturated carbocycles. The van der Waals surface area contributed by atoms with Gasteiger partial charge in [-0.15, -0.1) is 0 Å². The van der Waals surface area contributed by atoms with Crippen LogP contribution < -0.4 is 15.8 Å². The van der Waals surface area contributed by atoms with Crippen LogP contribution in [0.15, 0.2) is 23.1 Å². The monoisotopic (exact) mass is 374 g/mol. The minimum Gasteiger partial charge on any atom is -0.477 e. The summed E-state index contributed by atoms with van der Waals surface area (Å²) < 4.78 is 30.9. The first-order chi connectivity index (χ1) is 11.6. The molecule has 0 bridgehead atoms. The molecule has 0 aromatic heterocycles. The van der Waals surface area contributed by atoms with Crippen LogP contribution in [0.25, 0.3) is 0 Å². The first-order valence-corrected chi connectivity index (χ1v) is 8.58. The van der Waals surface area contributed by atoms with Gasteiger partial charge in [0.1, 0.15) is 0 Å². The summed E-state index contributed by atoms with van der Waals surface area (Å²) in [6.45, 7) is 3.00. The molecular weight excluding hydrogens is 356 g/mol. The van der Waals surface area contributed by atoms with Crippen molar-refractivity contribution in [3.05, 3.63) is 28.3 Å². The lowest BCUT2D eigenvalue weighted by molar-refractivity contribution is -0.386. The van der Waals surface area contributed by atoms with E-state index in [2.05, 4.69) is 0 Å². The summed E-state index contributed by atoms with van der Waals surface area (Å²) in [5.41, 5.74) is 4.13. The smallest absolute Gasteiger partial charge is 0.318 e. The van der Waals surface area contributed by atoms with Crippen LogP contribution in [-0.4, -0.2) is 49.3 Å². The molecule has 0 fully saturated rings. The van der Waals surface area contributed by atoms with Crippen molar-refractivity contribution in [2.75, 3.05) is 19.7 Å². The third-order valence-electron chi connectivity index (χ3n) is 3.09. The number of nitrogens with one attached hydrogen (secondary N) is 1. The fourth-order valence-electron chi connectivity index (χ4n) is 1.95. The number of carbonyl (C=O) groups is 2. The third-order valence-corrected chi connectivity index (χ3v) is 5.14. The molecule has 0 heterocycles. The second-order valence-electron chi connectivity index (χ2n) is 4.68. The van der Waals surface area contributed by atoms with E-state index in [0.717, 1.165) is 22.5 Å². The molecule has 1 rings (SSSR count). The van der Waals surface area contributed by atoms with Crippen molar-refractivity contribution < 1.29 is 27.7 Å². The van der Waals surface area contributed by atoms with Crippen LogP contribution in [0, 0.1) is 10.1 Å². The van der Waals surface area contributed by atoms with Gasteiger partial charge >= 0.3 is 11.7 Å². The predicted octanol–water partition coefficient (Wildman–Crippen LogP) is 0.199. The zero-order valence-corrected chi connectivity index (χ0v) is 14.4. The number of urea groups is 1. The number of ether oxygens (including phenoxy) is 1. The standard InChI is InChI=1S/C13H18N4O7S/c1-3-16(4-2)25(22,23)9-5-6-11(10(7-9)17(20)21)24-8-12(18)15-13(14)19/h5-7H,3-4,8H2,1-2H3,(H3,14,15,18,19). The van der Waals surface area contributed by atoms with E-state index in [9.17, 15) is 28.1 Å². The maximum absolute atomic E-state index is 12.4. The normalized spacial score (nSPS) is 11.2. The van der Waals surface area contributed by atoms with E-state index in [1.165, 1.54) is 0 Å². The molecule has 0 aliphatic carbocycles. The number of nitro groups is 1. The van der Waals surface area contributed by atoms with Gasteiger partial charge in [0.2, 0.25) is 10.0 Å². The van der Waals surface area contributed by atoms with Crippen LogP contribution in [0.3, 0.4) is 0 Å². The number of imide groups is 1. The molecule has 0 aliphatic rings. The molecule has 11 nitrogen and oxygen atoms in total. The van der Waals surface area contributed by atoms with E-state index >= 15 is 0 Å². The van der Waals surface area contributed by atoms with Gasteiger partial charge in [-0.05, 0) is 12.1 Å². The molecule has 0 aliphatic heterocycles. The SMILES string of the molecule is CCN(CC)S(=O)(=O)c1ccc(OCC(=O)NC(N)=O)c([N+](=O)[O-])c1. The molecule has 0 saturated heterocycles. The van der Waals surface area contributed by atoms with Crippen molar-refractivity contribution in [2.45, 2.75) is 18.7 Å². The molecule has 0 atom stereocenters. The average molecular weight is 374 g/mol. The second kappa shape index (κ2) is 8.39. The van der Waals surface area contributed by atoms with E-state index < -0.39 is 39.2 Å². The van der Waals surface area contributed by atoms with Gasteiger partial charge in [-0.1, -0.05) is 13.8 Å². The van der Waals surface area contributed by atoms with Gasteiger partial charge in [-0.25, -0.2) is 13.2 Å². The number of nitro benzene ring substituents is 1. The van der Waals surface area contributed by atoms with Gasteiger partial charge in [0.05, 0.1) is 9.82 Å². The first-order valence-electron chi connectivity index (χ1n) is 7.14. The third kappa shape index (κ3) is 5.12. The molecule has 0 unspecified atom stereocenters. The Hall–Kier alpha value is -2.73. The van der Waals surface area contributed by atoms with Gasteiger partial charge in [-0.3, -0.25) is 20.2 Å². The number of rotatable bonds is 8. The molecule has 0 spiro atoms. The maximum Gasteiger partial charge on any atom is 0.318 e. The van der Waals surface area contributed by atoms with Crippen molar-refractivity contribution in [1.29, 1.82) is 0 Å². The number of carbonyl (C=O) groups excluding carboxylic acids is 2. The molecule has 1 aromatic carbocycles. The van der Waals surface area contributed by atoms with Crippen molar-refractivity contribution in [3.8, 4) is 5.75 Å². The number of hydrogen-bond donors (Lipinski definition) is 2. The molecule has 0 radical (unpaired) electrons. The van der Waals surface area contributed by atoms with E-state index in [-0.39, 0.29) is 23.7 Å². The lowest BCUT2D eigenvalue weighted by Gasteiger charge is -2.18. The lowest BCUT2D eigenvalue weighted by atomic mass is 10.3. The highest BCUT2D eigenvalue weighted by Gasteiger charge is 2.26. The summed E-state index contributed by atoms with van der Waals surface area (Å²) in [4.78, 5) is 31.9. The number of nitrogens with two attached hydrogens (primary N) is 1. The van der Waals surface area contributed by atoms with Crippen molar-refractivity contribution in [1.82, 2.24) is 9.62 Å². The highest BCUT2D eigenvalue weighted by atomic mass is 32.2. The Morgan fingerprint density at radius 2 is 1.92 bits per heavy atom. The molecule has 3 amide bonds. The van der Waals surface area contributed by atoms with Crippen molar-refractivity contribution >= 4 is 27.6 Å². The average Bonchev–Trinajstić information content (AvgIpc) is 2.52. The number of sulfonamides is 1. The Labute approximate surface area is 143 Å². The number of hydrogen-bond acceptors (Lipinski definition) is 7. The van der Waals surface area contributed by atoms with Gasteiger partial charge in [-0.2, -0.15) is 4.31 Å². The molecule has 25 heavy (non-hydrogen) atoms. The van der Waals surface area contributed by atoms with E-state index in [4.69, 9.17) is 10.5 Å². The Morgan fingerprint density at radius 3 is 2.40 bits per heavy atom. The molecule has 1 aromatic rings. The number of benzene rings is 1. The van der Waals surface area contributed by atoms with Gasteiger partial charge < -0.3 is 10.5 Å². The topological polar surface area (TPSA) is 162 Å². The fraction of sp³-hybridized carbons (Fsp3) is 0.385. The fourth-order valence-corrected chi connectivity index (χ4v) is 3.43. The first kappa shape index (κ1) is 20.3. The zero-order valence-electron chi connectivity index (χ0n) is 13.6. The highest BCUT2D eigenvalue weighted by Crippen LogP contribution is 2.30. The predicted molar refractivity (Wildman–Crippen MR) is 86.4 cm³/mol. The molecule has 12 heteroatoms. The summed E-state index contributed by atoms with van der Waals surface area (Å²) in [5.74, 6) is -1.22. The Bertz CT molecular complexity index is 775. The van der Waals surface area contributed by atoms with Crippen LogP contribution in [0.4, 0.5) is 10.5 Å². The van der Waals surface area contributed by atoms with E-state index in [1.807, 2.05) is 0 Å². The highest BCUT2D eigenvalue weighted by molar-refractivity contribution is 7.89. The zero-order chi connectivity index (χ0) is 19.2. The van der Waals surface area contributed by atoms with Gasteiger partial charge in [0, 0.05) is 19.2 Å². The molecule has 3 N–H and O–H groups in total. The summed E-state index contributed by atoms with van der Waals surface area (Å²) >= 11 is 0. The number of amides is 3.